The minimum absolute atomic E-state index is 0.0912. The van der Waals surface area contributed by atoms with Crippen LogP contribution in [-0.2, 0) is 6.18 Å². The third kappa shape index (κ3) is 2.77. The Morgan fingerprint density at radius 1 is 1.00 bits per heavy atom. The maximum atomic E-state index is 12.9. The molecular formula is C15H13F3O2. The van der Waals surface area contributed by atoms with Crippen molar-refractivity contribution in [1.82, 2.24) is 0 Å². The van der Waals surface area contributed by atoms with Gasteiger partial charge in [-0.15, -0.1) is 0 Å². The van der Waals surface area contributed by atoms with E-state index in [1.807, 2.05) is 0 Å². The van der Waals surface area contributed by atoms with E-state index in [0.29, 0.717) is 5.56 Å². The maximum Gasteiger partial charge on any atom is 0.419 e. The minimum Gasteiger partial charge on any atom is -0.496 e. The summed E-state index contributed by atoms with van der Waals surface area (Å²) in [6.07, 6.45) is -5.70. The van der Waals surface area contributed by atoms with Gasteiger partial charge in [0.05, 0.1) is 12.7 Å². The van der Waals surface area contributed by atoms with Crippen LogP contribution in [0.25, 0.3) is 0 Å². The van der Waals surface area contributed by atoms with Crippen molar-refractivity contribution in [3.63, 3.8) is 0 Å². The third-order valence-corrected chi connectivity index (χ3v) is 2.96. The molecule has 1 N–H and O–H groups in total. The second kappa shape index (κ2) is 5.54. The Bertz CT molecular complexity index is 579. The van der Waals surface area contributed by atoms with Crippen LogP contribution in [0.5, 0.6) is 5.75 Å². The smallest absolute Gasteiger partial charge is 0.419 e. The molecule has 0 saturated heterocycles. The fourth-order valence-electron chi connectivity index (χ4n) is 2.04. The highest BCUT2D eigenvalue weighted by Crippen LogP contribution is 2.41. The number of aliphatic hydroxyl groups excluding tert-OH is 1. The van der Waals surface area contributed by atoms with E-state index in [-0.39, 0.29) is 11.3 Å². The molecule has 0 spiro atoms. The van der Waals surface area contributed by atoms with Crippen molar-refractivity contribution in [3.8, 4) is 5.75 Å². The molecule has 5 heteroatoms. The van der Waals surface area contributed by atoms with Crippen LogP contribution >= 0.6 is 0 Å². The van der Waals surface area contributed by atoms with E-state index in [0.717, 1.165) is 13.2 Å². The lowest BCUT2D eigenvalue weighted by Crippen LogP contribution is -2.11. The first kappa shape index (κ1) is 14.4. The molecular weight excluding hydrogens is 269 g/mol. The molecule has 0 aliphatic heterocycles. The molecule has 1 atom stereocenters. The molecule has 0 saturated carbocycles. The molecule has 2 aromatic carbocycles. The lowest BCUT2D eigenvalue weighted by molar-refractivity contribution is -0.138. The van der Waals surface area contributed by atoms with E-state index in [1.165, 1.54) is 12.1 Å². The van der Waals surface area contributed by atoms with Gasteiger partial charge in [0.2, 0.25) is 0 Å². The number of alkyl halides is 3. The first-order chi connectivity index (χ1) is 9.45. The van der Waals surface area contributed by atoms with Crippen LogP contribution in [0.2, 0.25) is 0 Å². The molecule has 20 heavy (non-hydrogen) atoms. The first-order valence-corrected chi connectivity index (χ1v) is 5.92. The molecule has 0 bridgehead atoms. The van der Waals surface area contributed by atoms with Gasteiger partial charge in [0.15, 0.2) is 0 Å². The quantitative estimate of drug-likeness (QED) is 0.928. The van der Waals surface area contributed by atoms with Crippen LogP contribution < -0.4 is 4.74 Å². The van der Waals surface area contributed by atoms with E-state index >= 15 is 0 Å². The number of aliphatic hydroxyl groups is 1. The molecule has 0 aliphatic rings. The number of benzene rings is 2. The van der Waals surface area contributed by atoms with Gasteiger partial charge in [0.1, 0.15) is 11.9 Å². The number of methoxy groups -OCH3 is 1. The molecule has 106 valence electrons. The van der Waals surface area contributed by atoms with Gasteiger partial charge in [-0.05, 0) is 11.6 Å². The van der Waals surface area contributed by atoms with Crippen molar-refractivity contribution >= 4 is 0 Å². The second-order valence-corrected chi connectivity index (χ2v) is 4.24. The fourth-order valence-corrected chi connectivity index (χ4v) is 2.04. The molecule has 0 radical (unpaired) electrons. The molecule has 2 rings (SSSR count). The Hall–Kier alpha value is -2.01. The van der Waals surface area contributed by atoms with E-state index < -0.39 is 17.8 Å². The molecule has 2 nitrogen and oxygen atoms in total. The highest BCUT2D eigenvalue weighted by Gasteiger charge is 2.36. The Morgan fingerprint density at radius 3 is 2.20 bits per heavy atom. The predicted octanol–water partition coefficient (Wildman–Crippen LogP) is 3.80. The SMILES string of the molecule is COc1c(C(O)c2ccccc2)cccc1C(F)(F)F. The van der Waals surface area contributed by atoms with Crippen molar-refractivity contribution in [1.29, 1.82) is 0 Å². The van der Waals surface area contributed by atoms with Crippen molar-refractivity contribution < 1.29 is 23.0 Å². The van der Waals surface area contributed by atoms with Gasteiger partial charge in [-0.3, -0.25) is 0 Å². The molecule has 1 unspecified atom stereocenters. The van der Waals surface area contributed by atoms with Gasteiger partial charge < -0.3 is 9.84 Å². The Labute approximate surface area is 114 Å². The largest absolute Gasteiger partial charge is 0.496 e. The van der Waals surface area contributed by atoms with E-state index in [9.17, 15) is 18.3 Å². The second-order valence-electron chi connectivity index (χ2n) is 4.24. The number of hydrogen-bond acceptors (Lipinski definition) is 2. The monoisotopic (exact) mass is 282 g/mol. The van der Waals surface area contributed by atoms with Crippen LogP contribution in [0.4, 0.5) is 13.2 Å². The summed E-state index contributed by atoms with van der Waals surface area (Å²) in [5, 5.41) is 10.2. The van der Waals surface area contributed by atoms with Crippen LogP contribution in [-0.4, -0.2) is 12.2 Å². The van der Waals surface area contributed by atoms with Crippen LogP contribution in [0.15, 0.2) is 48.5 Å². The molecule has 0 aromatic heterocycles. The van der Waals surface area contributed by atoms with Gasteiger partial charge in [0, 0.05) is 5.56 Å². The third-order valence-electron chi connectivity index (χ3n) is 2.96. The molecule has 0 fully saturated rings. The lowest BCUT2D eigenvalue weighted by Gasteiger charge is -2.19. The highest BCUT2D eigenvalue weighted by atomic mass is 19.4. The number of halogens is 3. The summed E-state index contributed by atoms with van der Waals surface area (Å²) in [6, 6.07) is 12.1. The Balaban J connectivity index is 2.52. The van der Waals surface area contributed by atoms with Crippen molar-refractivity contribution in [2.45, 2.75) is 12.3 Å². The van der Waals surface area contributed by atoms with Crippen LogP contribution in [0, 0.1) is 0 Å². The summed E-state index contributed by atoms with van der Waals surface area (Å²) in [7, 11) is 1.16. The van der Waals surface area contributed by atoms with Crippen LogP contribution in [0.1, 0.15) is 22.8 Å². The molecule has 0 amide bonds. The zero-order valence-electron chi connectivity index (χ0n) is 10.7. The van der Waals surface area contributed by atoms with E-state index in [2.05, 4.69) is 0 Å². The zero-order valence-corrected chi connectivity index (χ0v) is 10.7. The molecule has 0 heterocycles. The standard InChI is InChI=1S/C15H13F3O2/c1-20-14-11(8-5-9-12(14)15(16,17)18)13(19)10-6-3-2-4-7-10/h2-9,13,19H,1H3. The summed E-state index contributed by atoms with van der Waals surface area (Å²) in [5.41, 5.74) is -0.300. The predicted molar refractivity (Wildman–Crippen MR) is 68.5 cm³/mol. The summed E-state index contributed by atoms with van der Waals surface area (Å²) >= 11 is 0. The van der Waals surface area contributed by atoms with Gasteiger partial charge in [-0.1, -0.05) is 42.5 Å². The van der Waals surface area contributed by atoms with Gasteiger partial charge >= 0.3 is 6.18 Å². The van der Waals surface area contributed by atoms with Gasteiger partial charge in [-0.25, -0.2) is 0 Å². The summed E-state index contributed by atoms with van der Waals surface area (Å²) in [5.74, 6) is -0.351. The topological polar surface area (TPSA) is 29.5 Å². The number of rotatable bonds is 3. The highest BCUT2D eigenvalue weighted by molar-refractivity contribution is 5.47. The van der Waals surface area contributed by atoms with Crippen molar-refractivity contribution in [2.24, 2.45) is 0 Å². The first-order valence-electron chi connectivity index (χ1n) is 5.92. The number of hydrogen-bond donors (Lipinski definition) is 1. The number of ether oxygens (including phenoxy) is 1. The summed E-state index contributed by atoms with van der Waals surface area (Å²) < 4.78 is 43.6. The fraction of sp³-hybridized carbons (Fsp3) is 0.200. The van der Waals surface area contributed by atoms with Crippen molar-refractivity contribution in [2.75, 3.05) is 7.11 Å². The minimum atomic E-state index is -4.53. The lowest BCUT2D eigenvalue weighted by atomic mass is 9.98. The average molecular weight is 282 g/mol. The van der Waals surface area contributed by atoms with Crippen LogP contribution in [0.3, 0.4) is 0 Å². The van der Waals surface area contributed by atoms with E-state index in [4.69, 9.17) is 4.74 Å². The average Bonchev–Trinajstić information content (AvgIpc) is 2.45. The zero-order chi connectivity index (χ0) is 14.8. The Morgan fingerprint density at radius 2 is 1.65 bits per heavy atom. The maximum absolute atomic E-state index is 12.9. The molecule has 2 aromatic rings. The van der Waals surface area contributed by atoms with Crippen molar-refractivity contribution in [3.05, 3.63) is 65.2 Å². The molecule has 0 aliphatic carbocycles. The summed E-state index contributed by atoms with van der Waals surface area (Å²) in [4.78, 5) is 0. The van der Waals surface area contributed by atoms with Gasteiger partial charge in [-0.2, -0.15) is 13.2 Å². The van der Waals surface area contributed by atoms with E-state index in [1.54, 1.807) is 30.3 Å². The Kier molecular flexibility index (Phi) is 3.99. The number of para-hydroxylation sites is 1. The van der Waals surface area contributed by atoms with Gasteiger partial charge in [0.25, 0.3) is 0 Å². The normalized spacial score (nSPS) is 13.1. The summed E-state index contributed by atoms with van der Waals surface area (Å²) in [6.45, 7) is 0.